The predicted molar refractivity (Wildman–Crippen MR) is 110 cm³/mol. The Bertz CT molecular complexity index is 696. The van der Waals surface area contributed by atoms with E-state index in [1.54, 1.807) is 11.1 Å². The Kier molecular flexibility index (Phi) is 6.81. The highest BCUT2D eigenvalue weighted by Gasteiger charge is 2.16. The summed E-state index contributed by atoms with van der Waals surface area (Å²) in [5.74, 6) is 0. The minimum atomic E-state index is 1.12. The van der Waals surface area contributed by atoms with Crippen molar-refractivity contribution < 1.29 is 0 Å². The Labute approximate surface area is 159 Å². The second-order valence-electron chi connectivity index (χ2n) is 7.85. The minimum absolute atomic E-state index is 1.12. The number of fused-ring (bicyclic) bond motifs is 1. The summed E-state index contributed by atoms with van der Waals surface area (Å²) in [6.07, 6.45) is 8.62. The Morgan fingerprint density at radius 1 is 1.08 bits per heavy atom. The van der Waals surface area contributed by atoms with E-state index in [9.17, 15) is 0 Å². The maximum Gasteiger partial charge on any atom is 0.0299 e. The van der Waals surface area contributed by atoms with Gasteiger partial charge in [0.05, 0.1) is 0 Å². The smallest absolute Gasteiger partial charge is 0.0299 e. The van der Waals surface area contributed by atoms with Gasteiger partial charge in [0.2, 0.25) is 0 Å². The van der Waals surface area contributed by atoms with Gasteiger partial charge in [-0.05, 0) is 100 Å². The molecule has 0 saturated carbocycles. The Morgan fingerprint density at radius 2 is 1.85 bits per heavy atom. The van der Waals surface area contributed by atoms with Crippen LogP contribution < -0.4 is 0 Å². The van der Waals surface area contributed by atoms with Gasteiger partial charge in [-0.25, -0.2) is 0 Å². The monoisotopic (exact) mass is 351 g/mol. The standard InChI is InChI=1S/C23H33N3/c1-19-15-22-9-14-26(18-23(22)16-20(19)2)13-6-12-25(3)11-5-8-21-7-4-10-24-17-21/h4,7,10,15-17H,5-6,8-9,11-14,18H2,1-3H3. The zero-order valence-corrected chi connectivity index (χ0v) is 16.7. The largest absolute Gasteiger partial charge is 0.306 e. The van der Waals surface area contributed by atoms with Crippen LogP contribution in [0.25, 0.3) is 0 Å². The number of rotatable bonds is 8. The van der Waals surface area contributed by atoms with E-state index in [0.29, 0.717) is 0 Å². The number of pyridine rings is 1. The van der Waals surface area contributed by atoms with E-state index in [4.69, 9.17) is 0 Å². The van der Waals surface area contributed by atoms with Crippen molar-refractivity contribution in [3.05, 3.63) is 64.5 Å². The van der Waals surface area contributed by atoms with Crippen molar-refractivity contribution in [3.8, 4) is 0 Å². The lowest BCUT2D eigenvalue weighted by Gasteiger charge is -2.30. The lowest BCUT2D eigenvalue weighted by atomic mass is 9.94. The number of hydrogen-bond acceptors (Lipinski definition) is 3. The molecule has 1 aromatic carbocycles. The fourth-order valence-corrected chi connectivity index (χ4v) is 3.88. The number of nitrogens with zero attached hydrogens (tertiary/aromatic N) is 3. The van der Waals surface area contributed by atoms with Crippen LogP contribution >= 0.6 is 0 Å². The maximum absolute atomic E-state index is 4.19. The predicted octanol–water partition coefficient (Wildman–Crippen LogP) is 4.01. The van der Waals surface area contributed by atoms with Gasteiger partial charge in [0.1, 0.15) is 0 Å². The molecule has 0 bridgehead atoms. The molecule has 3 heteroatoms. The van der Waals surface area contributed by atoms with Crippen LogP contribution in [0.1, 0.15) is 40.7 Å². The highest BCUT2D eigenvalue weighted by atomic mass is 15.1. The van der Waals surface area contributed by atoms with E-state index in [1.165, 1.54) is 55.6 Å². The third-order valence-electron chi connectivity index (χ3n) is 5.65. The van der Waals surface area contributed by atoms with E-state index >= 15 is 0 Å². The van der Waals surface area contributed by atoms with Crippen molar-refractivity contribution in [3.63, 3.8) is 0 Å². The first-order chi connectivity index (χ1) is 12.6. The molecule has 140 valence electrons. The molecule has 2 heterocycles. The molecule has 0 saturated heterocycles. The highest BCUT2D eigenvalue weighted by Crippen LogP contribution is 2.22. The van der Waals surface area contributed by atoms with Crippen LogP contribution in [0.2, 0.25) is 0 Å². The fourth-order valence-electron chi connectivity index (χ4n) is 3.88. The van der Waals surface area contributed by atoms with Gasteiger partial charge in [0.25, 0.3) is 0 Å². The number of aryl methyl sites for hydroxylation is 3. The summed E-state index contributed by atoms with van der Waals surface area (Å²) in [5, 5.41) is 0. The molecule has 1 aliphatic rings. The first-order valence-corrected chi connectivity index (χ1v) is 10.0. The van der Waals surface area contributed by atoms with Gasteiger partial charge < -0.3 is 4.90 Å². The first-order valence-electron chi connectivity index (χ1n) is 10.0. The van der Waals surface area contributed by atoms with E-state index in [1.807, 2.05) is 18.5 Å². The summed E-state index contributed by atoms with van der Waals surface area (Å²) >= 11 is 0. The van der Waals surface area contributed by atoms with E-state index in [-0.39, 0.29) is 0 Å². The molecule has 3 rings (SSSR count). The molecule has 0 unspecified atom stereocenters. The summed E-state index contributed by atoms with van der Waals surface area (Å²) in [6, 6.07) is 9.00. The van der Waals surface area contributed by atoms with Gasteiger partial charge in [-0.2, -0.15) is 0 Å². The summed E-state index contributed by atoms with van der Waals surface area (Å²) in [7, 11) is 2.25. The molecule has 0 aliphatic carbocycles. The SMILES string of the molecule is Cc1cc2c(cc1C)CN(CCCN(C)CCCc1cccnc1)CC2. The van der Waals surface area contributed by atoms with Crippen molar-refractivity contribution in [2.75, 3.05) is 33.2 Å². The first kappa shape index (κ1) is 19.1. The van der Waals surface area contributed by atoms with Gasteiger partial charge in [-0.1, -0.05) is 18.2 Å². The van der Waals surface area contributed by atoms with E-state index in [2.05, 4.69) is 53.9 Å². The lowest BCUT2D eigenvalue weighted by Crippen LogP contribution is -2.33. The zero-order valence-electron chi connectivity index (χ0n) is 16.7. The van der Waals surface area contributed by atoms with Crippen molar-refractivity contribution in [1.82, 2.24) is 14.8 Å². The van der Waals surface area contributed by atoms with Crippen LogP contribution in [0.15, 0.2) is 36.7 Å². The molecule has 3 nitrogen and oxygen atoms in total. The van der Waals surface area contributed by atoms with Crippen LogP contribution in [-0.2, 0) is 19.4 Å². The number of aromatic nitrogens is 1. The van der Waals surface area contributed by atoms with E-state index in [0.717, 1.165) is 19.5 Å². The van der Waals surface area contributed by atoms with Crippen LogP contribution in [-0.4, -0.2) is 48.0 Å². The van der Waals surface area contributed by atoms with Crippen molar-refractivity contribution in [2.45, 2.75) is 46.1 Å². The summed E-state index contributed by atoms with van der Waals surface area (Å²) in [6.45, 7) is 10.3. The average molecular weight is 352 g/mol. The van der Waals surface area contributed by atoms with Gasteiger partial charge in [0.15, 0.2) is 0 Å². The maximum atomic E-state index is 4.19. The highest BCUT2D eigenvalue weighted by molar-refractivity contribution is 5.38. The number of hydrogen-bond donors (Lipinski definition) is 0. The van der Waals surface area contributed by atoms with Gasteiger partial charge in [0, 0.05) is 25.5 Å². The van der Waals surface area contributed by atoms with E-state index < -0.39 is 0 Å². The Morgan fingerprint density at radius 3 is 2.62 bits per heavy atom. The van der Waals surface area contributed by atoms with Crippen molar-refractivity contribution in [2.24, 2.45) is 0 Å². The Hall–Kier alpha value is -1.71. The molecule has 0 spiro atoms. The summed E-state index contributed by atoms with van der Waals surface area (Å²) in [5.41, 5.74) is 7.32. The second-order valence-corrected chi connectivity index (χ2v) is 7.85. The van der Waals surface area contributed by atoms with Crippen molar-refractivity contribution >= 4 is 0 Å². The van der Waals surface area contributed by atoms with Crippen LogP contribution in [0.5, 0.6) is 0 Å². The van der Waals surface area contributed by atoms with Crippen LogP contribution in [0.3, 0.4) is 0 Å². The minimum Gasteiger partial charge on any atom is -0.306 e. The zero-order chi connectivity index (χ0) is 18.4. The molecule has 0 atom stereocenters. The van der Waals surface area contributed by atoms with Crippen LogP contribution in [0.4, 0.5) is 0 Å². The molecule has 0 fully saturated rings. The van der Waals surface area contributed by atoms with Gasteiger partial charge in [-0.3, -0.25) is 9.88 Å². The van der Waals surface area contributed by atoms with Gasteiger partial charge in [-0.15, -0.1) is 0 Å². The topological polar surface area (TPSA) is 19.4 Å². The van der Waals surface area contributed by atoms with Crippen molar-refractivity contribution in [1.29, 1.82) is 0 Å². The average Bonchev–Trinajstić information content (AvgIpc) is 2.64. The molecule has 1 aromatic heterocycles. The molecular weight excluding hydrogens is 318 g/mol. The number of benzene rings is 1. The third-order valence-corrected chi connectivity index (χ3v) is 5.65. The fraction of sp³-hybridized carbons (Fsp3) is 0.522. The Balaban J connectivity index is 1.35. The van der Waals surface area contributed by atoms with Crippen LogP contribution in [0, 0.1) is 13.8 Å². The molecule has 0 N–H and O–H groups in total. The lowest BCUT2D eigenvalue weighted by molar-refractivity contribution is 0.229. The molecule has 0 amide bonds. The van der Waals surface area contributed by atoms with Gasteiger partial charge >= 0.3 is 0 Å². The quantitative estimate of drug-likeness (QED) is 0.716. The summed E-state index contributed by atoms with van der Waals surface area (Å²) in [4.78, 5) is 9.29. The second kappa shape index (κ2) is 9.29. The molecule has 1 aliphatic heterocycles. The summed E-state index contributed by atoms with van der Waals surface area (Å²) < 4.78 is 0. The molecule has 2 aromatic rings. The normalized spacial score (nSPS) is 14.6. The third kappa shape index (κ3) is 5.39. The molecule has 26 heavy (non-hydrogen) atoms. The molecular formula is C23H33N3. The molecule has 0 radical (unpaired) electrons.